The van der Waals surface area contributed by atoms with Crippen molar-refractivity contribution in [3.63, 3.8) is 0 Å². The molecule has 2 aliphatic heterocycles. The maximum Gasteiger partial charge on any atom is 0.325 e. The average molecular weight is 353 g/mol. The lowest BCUT2D eigenvalue weighted by atomic mass is 9.73. The molecule has 6 nitrogen and oxygen atoms in total. The molecule has 2 saturated heterocycles. The Balaban J connectivity index is 1.71. The van der Waals surface area contributed by atoms with Crippen LogP contribution in [0, 0.1) is 5.92 Å². The van der Waals surface area contributed by atoms with Crippen molar-refractivity contribution in [3.05, 3.63) is 0 Å². The molecule has 0 radical (unpaired) electrons. The van der Waals surface area contributed by atoms with Crippen LogP contribution in [-0.2, 0) is 9.59 Å². The van der Waals surface area contributed by atoms with Gasteiger partial charge in [-0.25, -0.2) is 4.79 Å². The van der Waals surface area contributed by atoms with Crippen LogP contribution in [-0.4, -0.2) is 63.8 Å². The van der Waals surface area contributed by atoms with Gasteiger partial charge in [0, 0.05) is 18.3 Å². The maximum atomic E-state index is 12.9. The van der Waals surface area contributed by atoms with Gasteiger partial charge in [-0.05, 0) is 37.9 Å². The summed E-state index contributed by atoms with van der Waals surface area (Å²) in [5, 5.41) is 2.91. The van der Waals surface area contributed by atoms with E-state index in [1.54, 1.807) is 0 Å². The first kappa shape index (κ1) is 17.6. The van der Waals surface area contributed by atoms with Gasteiger partial charge in [0.2, 0.25) is 5.91 Å². The van der Waals surface area contributed by atoms with Gasteiger partial charge in [-0.2, -0.15) is 11.8 Å². The van der Waals surface area contributed by atoms with Crippen LogP contribution >= 0.6 is 11.8 Å². The Morgan fingerprint density at radius 3 is 2.79 bits per heavy atom. The van der Waals surface area contributed by atoms with Gasteiger partial charge in [-0.1, -0.05) is 19.8 Å². The number of carbonyl (C=O) groups is 3. The number of hydrogen-bond acceptors (Lipinski definition) is 4. The highest BCUT2D eigenvalue weighted by molar-refractivity contribution is 7.99. The Kier molecular flexibility index (Phi) is 5.08. The van der Waals surface area contributed by atoms with Crippen LogP contribution in [0.3, 0.4) is 0 Å². The van der Waals surface area contributed by atoms with Crippen molar-refractivity contribution in [1.82, 2.24) is 15.1 Å². The van der Waals surface area contributed by atoms with Crippen molar-refractivity contribution in [3.8, 4) is 0 Å². The number of imide groups is 1. The topological polar surface area (TPSA) is 69.7 Å². The van der Waals surface area contributed by atoms with E-state index < -0.39 is 11.6 Å². The molecule has 3 fully saturated rings. The van der Waals surface area contributed by atoms with Crippen molar-refractivity contribution in [1.29, 1.82) is 0 Å². The molecular formula is C17H27N3O3S. The standard InChI is InChI=1S/C17H27N3O3S/c1-12-5-3-4-7-17(12)15(22)20(16(23)18-17)11-14(21)19-8-10-24-9-6-13(19)2/h12-13H,3-11H2,1-2H3,(H,18,23)/t12-,13+,17-/m0/s1. The number of nitrogens with zero attached hydrogens (tertiary/aromatic N) is 2. The van der Waals surface area contributed by atoms with E-state index in [2.05, 4.69) is 5.32 Å². The highest BCUT2D eigenvalue weighted by atomic mass is 32.2. The van der Waals surface area contributed by atoms with Crippen LogP contribution < -0.4 is 5.32 Å². The van der Waals surface area contributed by atoms with E-state index in [-0.39, 0.29) is 30.3 Å². The molecule has 0 aromatic rings. The first-order valence-corrected chi connectivity index (χ1v) is 10.1. The molecule has 134 valence electrons. The fraction of sp³-hybridized carbons (Fsp3) is 0.824. The predicted molar refractivity (Wildman–Crippen MR) is 93.7 cm³/mol. The summed E-state index contributed by atoms with van der Waals surface area (Å²) in [5.41, 5.74) is -0.782. The van der Waals surface area contributed by atoms with Crippen LogP contribution in [0.15, 0.2) is 0 Å². The zero-order valence-electron chi connectivity index (χ0n) is 14.5. The third-order valence-corrected chi connectivity index (χ3v) is 6.80. The normalized spacial score (nSPS) is 34.4. The molecule has 7 heteroatoms. The van der Waals surface area contributed by atoms with Crippen LogP contribution in [0.4, 0.5) is 4.79 Å². The van der Waals surface area contributed by atoms with Crippen molar-refractivity contribution in [2.24, 2.45) is 5.92 Å². The predicted octanol–water partition coefficient (Wildman–Crippen LogP) is 1.84. The Labute approximate surface area is 147 Å². The van der Waals surface area contributed by atoms with Crippen LogP contribution in [0.5, 0.6) is 0 Å². The van der Waals surface area contributed by atoms with E-state index in [9.17, 15) is 14.4 Å². The van der Waals surface area contributed by atoms with Gasteiger partial charge in [0.1, 0.15) is 12.1 Å². The van der Waals surface area contributed by atoms with E-state index in [4.69, 9.17) is 0 Å². The smallest absolute Gasteiger partial charge is 0.325 e. The third kappa shape index (κ3) is 3.03. The third-order valence-electron chi connectivity index (χ3n) is 5.80. The minimum absolute atomic E-state index is 0.117. The number of nitrogens with one attached hydrogen (secondary N) is 1. The molecule has 1 saturated carbocycles. The Hall–Kier alpha value is -1.24. The van der Waals surface area contributed by atoms with Gasteiger partial charge in [-0.3, -0.25) is 14.5 Å². The van der Waals surface area contributed by atoms with Gasteiger partial charge in [0.25, 0.3) is 5.91 Å². The molecular weight excluding hydrogens is 326 g/mol. The Morgan fingerprint density at radius 1 is 1.25 bits per heavy atom. The lowest BCUT2D eigenvalue weighted by Crippen LogP contribution is -2.54. The summed E-state index contributed by atoms with van der Waals surface area (Å²) in [6, 6.07) is -0.241. The monoisotopic (exact) mass is 353 g/mol. The van der Waals surface area contributed by atoms with E-state index in [0.29, 0.717) is 13.0 Å². The quantitative estimate of drug-likeness (QED) is 0.769. The molecule has 2 heterocycles. The largest absolute Gasteiger partial charge is 0.338 e. The number of carbonyl (C=O) groups excluding carboxylic acids is 3. The molecule has 3 aliphatic rings. The van der Waals surface area contributed by atoms with Crippen molar-refractivity contribution in [2.45, 2.75) is 57.5 Å². The number of rotatable bonds is 2. The summed E-state index contributed by atoms with van der Waals surface area (Å²) < 4.78 is 0. The van der Waals surface area contributed by atoms with Gasteiger partial charge in [0.05, 0.1) is 0 Å². The van der Waals surface area contributed by atoms with E-state index in [0.717, 1.165) is 42.1 Å². The van der Waals surface area contributed by atoms with E-state index in [1.165, 1.54) is 0 Å². The summed E-state index contributed by atoms with van der Waals surface area (Å²) >= 11 is 1.85. The zero-order chi connectivity index (χ0) is 17.3. The Bertz CT molecular complexity index is 541. The van der Waals surface area contributed by atoms with Gasteiger partial charge < -0.3 is 10.2 Å². The minimum Gasteiger partial charge on any atom is -0.338 e. The van der Waals surface area contributed by atoms with Crippen molar-refractivity contribution < 1.29 is 14.4 Å². The first-order valence-electron chi connectivity index (χ1n) is 8.97. The number of amides is 4. The highest BCUT2D eigenvalue weighted by Crippen LogP contribution is 2.38. The molecule has 0 unspecified atom stereocenters. The molecule has 1 aliphatic carbocycles. The molecule has 0 aromatic carbocycles. The molecule has 3 rings (SSSR count). The maximum absolute atomic E-state index is 12.9. The van der Waals surface area contributed by atoms with Gasteiger partial charge in [0.15, 0.2) is 0 Å². The summed E-state index contributed by atoms with van der Waals surface area (Å²) in [7, 11) is 0. The first-order chi connectivity index (χ1) is 11.5. The fourth-order valence-electron chi connectivity index (χ4n) is 4.13. The molecule has 0 aromatic heterocycles. The molecule has 24 heavy (non-hydrogen) atoms. The zero-order valence-corrected chi connectivity index (χ0v) is 15.4. The van der Waals surface area contributed by atoms with Crippen molar-refractivity contribution >= 4 is 29.6 Å². The lowest BCUT2D eigenvalue weighted by Gasteiger charge is -2.37. The van der Waals surface area contributed by atoms with Crippen molar-refractivity contribution in [2.75, 3.05) is 24.6 Å². The summed E-state index contributed by atoms with van der Waals surface area (Å²) in [6.45, 7) is 4.63. The summed E-state index contributed by atoms with van der Waals surface area (Å²) in [6.07, 6.45) is 4.61. The second kappa shape index (κ2) is 6.94. The summed E-state index contributed by atoms with van der Waals surface area (Å²) in [5.74, 6) is 1.77. The fourth-order valence-corrected chi connectivity index (χ4v) is 5.17. The molecule has 1 spiro atoms. The molecule has 0 bridgehead atoms. The molecule has 1 N–H and O–H groups in total. The molecule has 4 amide bonds. The second-order valence-electron chi connectivity index (χ2n) is 7.28. The van der Waals surface area contributed by atoms with Gasteiger partial charge >= 0.3 is 6.03 Å². The Morgan fingerprint density at radius 2 is 2.04 bits per heavy atom. The SMILES string of the molecule is C[C@@H]1CCSCCN1C(=O)CN1C(=O)N[C@]2(CCCC[C@@H]2C)C1=O. The number of hydrogen-bond donors (Lipinski definition) is 1. The van der Waals surface area contributed by atoms with Crippen LogP contribution in [0.2, 0.25) is 0 Å². The molecule has 3 atom stereocenters. The number of thioether (sulfide) groups is 1. The lowest BCUT2D eigenvalue weighted by molar-refractivity contribution is -0.141. The van der Waals surface area contributed by atoms with Gasteiger partial charge in [-0.15, -0.1) is 0 Å². The highest BCUT2D eigenvalue weighted by Gasteiger charge is 2.55. The number of urea groups is 1. The van der Waals surface area contributed by atoms with Crippen LogP contribution in [0.25, 0.3) is 0 Å². The average Bonchev–Trinajstić information content (AvgIpc) is 2.71. The second-order valence-corrected chi connectivity index (χ2v) is 8.50. The summed E-state index contributed by atoms with van der Waals surface area (Å²) in [4.78, 5) is 41.0. The minimum atomic E-state index is -0.782. The van der Waals surface area contributed by atoms with Crippen LogP contribution in [0.1, 0.15) is 46.0 Å². The van der Waals surface area contributed by atoms with E-state index in [1.807, 2.05) is 30.5 Å². The van der Waals surface area contributed by atoms with E-state index >= 15 is 0 Å².